The molecular formula is C17H18ClN3. The summed E-state index contributed by atoms with van der Waals surface area (Å²) in [5.74, 6) is 0.836. The lowest BCUT2D eigenvalue weighted by atomic mass is 10.1. The average molecular weight is 300 g/mol. The van der Waals surface area contributed by atoms with Gasteiger partial charge in [-0.05, 0) is 49.1 Å². The average Bonchev–Trinajstić information content (AvgIpc) is 2.54. The summed E-state index contributed by atoms with van der Waals surface area (Å²) in [6.45, 7) is 2.11. The van der Waals surface area contributed by atoms with Gasteiger partial charge in [0, 0.05) is 24.3 Å². The minimum absolute atomic E-state index is 0.744. The maximum atomic E-state index is 5.99. The van der Waals surface area contributed by atoms with E-state index in [2.05, 4.69) is 14.9 Å². The molecule has 0 radical (unpaired) electrons. The summed E-state index contributed by atoms with van der Waals surface area (Å²) < 4.78 is 0. The molecule has 0 unspecified atom stereocenters. The summed E-state index contributed by atoms with van der Waals surface area (Å²) in [4.78, 5) is 11.3. The molecule has 3 nitrogen and oxygen atoms in total. The van der Waals surface area contributed by atoms with E-state index in [1.165, 1.54) is 19.3 Å². The van der Waals surface area contributed by atoms with Gasteiger partial charge in [-0.3, -0.25) is 0 Å². The molecule has 1 aliphatic heterocycles. The van der Waals surface area contributed by atoms with Gasteiger partial charge in [0.15, 0.2) is 0 Å². The van der Waals surface area contributed by atoms with Gasteiger partial charge < -0.3 is 4.90 Å². The highest BCUT2D eigenvalue weighted by Crippen LogP contribution is 2.17. The van der Waals surface area contributed by atoms with Crippen molar-refractivity contribution in [3.8, 4) is 0 Å². The maximum Gasteiger partial charge on any atom is 0.225 e. The van der Waals surface area contributed by atoms with Crippen molar-refractivity contribution in [3.63, 3.8) is 0 Å². The maximum absolute atomic E-state index is 5.99. The lowest BCUT2D eigenvalue weighted by molar-refractivity contribution is 0.568. The fourth-order valence-electron chi connectivity index (χ4n) is 2.49. The topological polar surface area (TPSA) is 29.0 Å². The largest absolute Gasteiger partial charge is 0.341 e. The molecule has 4 heteroatoms. The van der Waals surface area contributed by atoms with Crippen LogP contribution >= 0.6 is 11.6 Å². The van der Waals surface area contributed by atoms with Crippen LogP contribution < -0.4 is 4.90 Å². The third kappa shape index (κ3) is 3.82. The molecule has 2 heterocycles. The molecule has 0 amide bonds. The SMILES string of the molecule is Clc1cccc(/C=C/c2ccnc(N3CCCCC3)n2)c1. The Hall–Kier alpha value is -1.87. The molecule has 0 spiro atoms. The van der Waals surface area contributed by atoms with Crippen molar-refractivity contribution < 1.29 is 0 Å². The van der Waals surface area contributed by atoms with E-state index in [9.17, 15) is 0 Å². The van der Waals surface area contributed by atoms with E-state index in [-0.39, 0.29) is 0 Å². The molecule has 0 atom stereocenters. The monoisotopic (exact) mass is 299 g/mol. The summed E-state index contributed by atoms with van der Waals surface area (Å²) in [7, 11) is 0. The van der Waals surface area contributed by atoms with Gasteiger partial charge in [0.2, 0.25) is 5.95 Å². The van der Waals surface area contributed by atoms with Crippen LogP contribution in [0.3, 0.4) is 0 Å². The highest BCUT2D eigenvalue weighted by Gasteiger charge is 2.12. The summed E-state index contributed by atoms with van der Waals surface area (Å²) >= 11 is 5.99. The number of anilines is 1. The molecule has 21 heavy (non-hydrogen) atoms. The Morgan fingerprint density at radius 1 is 1.05 bits per heavy atom. The van der Waals surface area contributed by atoms with Crippen LogP contribution in [0.25, 0.3) is 12.2 Å². The smallest absolute Gasteiger partial charge is 0.225 e. The zero-order valence-corrected chi connectivity index (χ0v) is 12.6. The quantitative estimate of drug-likeness (QED) is 0.846. The van der Waals surface area contributed by atoms with Gasteiger partial charge in [-0.1, -0.05) is 29.8 Å². The highest BCUT2D eigenvalue weighted by molar-refractivity contribution is 6.30. The van der Waals surface area contributed by atoms with Crippen LogP contribution in [0, 0.1) is 0 Å². The molecule has 2 aromatic rings. The number of halogens is 1. The van der Waals surface area contributed by atoms with Crippen molar-refractivity contribution in [1.82, 2.24) is 9.97 Å². The van der Waals surface area contributed by atoms with Crippen LogP contribution in [0.15, 0.2) is 36.5 Å². The van der Waals surface area contributed by atoms with E-state index >= 15 is 0 Å². The number of hydrogen-bond acceptors (Lipinski definition) is 3. The highest BCUT2D eigenvalue weighted by atomic mass is 35.5. The van der Waals surface area contributed by atoms with Crippen molar-refractivity contribution in [2.75, 3.05) is 18.0 Å². The Morgan fingerprint density at radius 2 is 1.90 bits per heavy atom. The summed E-state index contributed by atoms with van der Waals surface area (Å²) in [6.07, 6.45) is 9.62. The Morgan fingerprint density at radius 3 is 2.71 bits per heavy atom. The summed E-state index contributed by atoms with van der Waals surface area (Å²) in [6, 6.07) is 9.70. The molecule has 3 rings (SSSR count). The van der Waals surface area contributed by atoms with Crippen LogP contribution in [0.1, 0.15) is 30.5 Å². The van der Waals surface area contributed by atoms with E-state index < -0.39 is 0 Å². The van der Waals surface area contributed by atoms with Gasteiger partial charge in [-0.2, -0.15) is 0 Å². The third-order valence-corrected chi connectivity index (χ3v) is 3.83. The third-order valence-electron chi connectivity index (χ3n) is 3.60. The lowest BCUT2D eigenvalue weighted by Crippen LogP contribution is -2.31. The minimum Gasteiger partial charge on any atom is -0.341 e. The number of hydrogen-bond donors (Lipinski definition) is 0. The van der Waals surface area contributed by atoms with Gasteiger partial charge in [0.05, 0.1) is 5.69 Å². The molecule has 1 fully saturated rings. The number of piperidine rings is 1. The summed E-state index contributed by atoms with van der Waals surface area (Å²) in [5.41, 5.74) is 1.99. The molecule has 1 aliphatic rings. The van der Waals surface area contributed by atoms with Crippen LogP contribution in [-0.4, -0.2) is 23.1 Å². The normalized spacial score (nSPS) is 15.6. The fourth-order valence-corrected chi connectivity index (χ4v) is 2.69. The van der Waals surface area contributed by atoms with Gasteiger partial charge >= 0.3 is 0 Å². The van der Waals surface area contributed by atoms with Gasteiger partial charge in [-0.25, -0.2) is 9.97 Å². The zero-order valence-electron chi connectivity index (χ0n) is 11.9. The van der Waals surface area contributed by atoms with Crippen LogP contribution in [0.4, 0.5) is 5.95 Å². The Labute approximate surface area is 130 Å². The van der Waals surface area contributed by atoms with E-state index in [1.807, 2.05) is 48.7 Å². The first-order chi connectivity index (χ1) is 10.3. The number of nitrogens with zero attached hydrogens (tertiary/aromatic N) is 3. The standard InChI is InChI=1S/C17H18ClN3/c18-15-6-4-5-14(13-15)7-8-16-9-10-19-17(20-16)21-11-2-1-3-12-21/h4-10,13H,1-3,11-12H2/b8-7+. The van der Waals surface area contributed by atoms with Crippen molar-refractivity contribution in [1.29, 1.82) is 0 Å². The van der Waals surface area contributed by atoms with Gasteiger partial charge in [0.25, 0.3) is 0 Å². The second-order valence-electron chi connectivity index (χ2n) is 5.22. The minimum atomic E-state index is 0.744. The second kappa shape index (κ2) is 6.72. The molecule has 0 bridgehead atoms. The van der Waals surface area contributed by atoms with Crippen molar-refractivity contribution >= 4 is 29.7 Å². The van der Waals surface area contributed by atoms with Crippen molar-refractivity contribution in [2.45, 2.75) is 19.3 Å². The predicted octanol–water partition coefficient (Wildman–Crippen LogP) is 4.29. The first kappa shape index (κ1) is 14.1. The molecule has 1 saturated heterocycles. The van der Waals surface area contributed by atoms with E-state index in [1.54, 1.807) is 0 Å². The number of benzene rings is 1. The second-order valence-corrected chi connectivity index (χ2v) is 5.65. The van der Waals surface area contributed by atoms with Gasteiger partial charge in [-0.15, -0.1) is 0 Å². The van der Waals surface area contributed by atoms with Crippen molar-refractivity contribution in [2.24, 2.45) is 0 Å². The first-order valence-electron chi connectivity index (χ1n) is 7.33. The molecule has 0 N–H and O–H groups in total. The molecule has 1 aromatic heterocycles. The lowest BCUT2D eigenvalue weighted by Gasteiger charge is -2.26. The first-order valence-corrected chi connectivity index (χ1v) is 7.71. The number of rotatable bonds is 3. The van der Waals surface area contributed by atoms with Crippen LogP contribution in [-0.2, 0) is 0 Å². The molecule has 1 aromatic carbocycles. The molecule has 0 saturated carbocycles. The number of aromatic nitrogens is 2. The van der Waals surface area contributed by atoms with E-state index in [4.69, 9.17) is 11.6 Å². The molecule has 0 aliphatic carbocycles. The van der Waals surface area contributed by atoms with E-state index in [0.717, 1.165) is 35.3 Å². The zero-order chi connectivity index (χ0) is 14.5. The summed E-state index contributed by atoms with van der Waals surface area (Å²) in [5, 5.41) is 0.744. The molecular weight excluding hydrogens is 282 g/mol. The fraction of sp³-hybridized carbons (Fsp3) is 0.294. The molecule has 108 valence electrons. The van der Waals surface area contributed by atoms with Gasteiger partial charge in [0.1, 0.15) is 0 Å². The Kier molecular flexibility index (Phi) is 4.51. The Bertz CT molecular complexity index is 633. The van der Waals surface area contributed by atoms with Crippen LogP contribution in [0.2, 0.25) is 5.02 Å². The predicted molar refractivity (Wildman–Crippen MR) is 88.5 cm³/mol. The van der Waals surface area contributed by atoms with Crippen molar-refractivity contribution in [3.05, 3.63) is 52.8 Å². The van der Waals surface area contributed by atoms with E-state index in [0.29, 0.717) is 0 Å². The Balaban J connectivity index is 1.76. The van der Waals surface area contributed by atoms with Crippen LogP contribution in [0.5, 0.6) is 0 Å².